The lowest BCUT2D eigenvalue weighted by Crippen LogP contribution is -2.49. The Morgan fingerprint density at radius 3 is 2.62 bits per heavy atom. The fourth-order valence-corrected chi connectivity index (χ4v) is 3.77. The van der Waals surface area contributed by atoms with Crippen molar-refractivity contribution < 1.29 is 9.13 Å². The first kappa shape index (κ1) is 16.4. The van der Waals surface area contributed by atoms with Crippen LogP contribution < -0.4 is 5.32 Å². The van der Waals surface area contributed by atoms with Crippen LogP contribution in [-0.4, -0.2) is 18.8 Å². The summed E-state index contributed by atoms with van der Waals surface area (Å²) in [6.45, 7) is 8.08. The third kappa shape index (κ3) is 3.83. The topological polar surface area (TPSA) is 21.3 Å². The molecule has 0 radical (unpaired) electrons. The minimum Gasteiger partial charge on any atom is -0.373 e. The average Bonchev–Trinajstić information content (AvgIpc) is 2.46. The molecular formula is C18H28FNO. The summed E-state index contributed by atoms with van der Waals surface area (Å²) in [5, 5.41) is 3.59. The Balaban J connectivity index is 2.33. The zero-order chi connectivity index (χ0) is 15.3. The molecule has 2 rings (SSSR count). The molecule has 1 saturated carbocycles. The van der Waals surface area contributed by atoms with E-state index in [4.69, 9.17) is 4.74 Å². The van der Waals surface area contributed by atoms with Crippen LogP contribution in [0.5, 0.6) is 0 Å². The Morgan fingerprint density at radius 2 is 2.05 bits per heavy atom. The molecule has 0 bridgehead atoms. The number of hydrogen-bond acceptors (Lipinski definition) is 2. The normalized spacial score (nSPS) is 27.5. The van der Waals surface area contributed by atoms with Crippen molar-refractivity contribution in [1.82, 2.24) is 5.32 Å². The second-order valence-electron chi connectivity index (χ2n) is 6.24. The van der Waals surface area contributed by atoms with Crippen molar-refractivity contribution in [2.75, 3.05) is 13.2 Å². The van der Waals surface area contributed by atoms with Crippen molar-refractivity contribution in [3.05, 3.63) is 35.6 Å². The minimum atomic E-state index is -0.184. The highest BCUT2D eigenvalue weighted by Crippen LogP contribution is 2.43. The Kier molecular flexibility index (Phi) is 5.77. The Bertz CT molecular complexity index is 429. The highest BCUT2D eigenvalue weighted by atomic mass is 19.1. The summed E-state index contributed by atoms with van der Waals surface area (Å²) in [4.78, 5) is 0. The molecule has 1 aromatic carbocycles. The van der Waals surface area contributed by atoms with Gasteiger partial charge in [-0.15, -0.1) is 0 Å². The number of hydrogen-bond donors (Lipinski definition) is 1. The van der Waals surface area contributed by atoms with Crippen molar-refractivity contribution in [2.24, 2.45) is 5.92 Å². The Labute approximate surface area is 128 Å². The van der Waals surface area contributed by atoms with Gasteiger partial charge in [-0.3, -0.25) is 0 Å². The first-order valence-corrected chi connectivity index (χ1v) is 8.24. The smallest absolute Gasteiger partial charge is 0.123 e. The fourth-order valence-electron chi connectivity index (χ4n) is 3.77. The van der Waals surface area contributed by atoms with Crippen LogP contribution in [0.3, 0.4) is 0 Å². The molecule has 1 aromatic rings. The number of rotatable bonds is 6. The molecule has 1 aliphatic rings. The van der Waals surface area contributed by atoms with E-state index in [-0.39, 0.29) is 17.5 Å². The van der Waals surface area contributed by atoms with E-state index in [1.54, 1.807) is 12.1 Å². The molecule has 3 atom stereocenters. The van der Waals surface area contributed by atoms with Gasteiger partial charge in [0, 0.05) is 6.61 Å². The highest BCUT2D eigenvalue weighted by molar-refractivity contribution is 5.24. The van der Waals surface area contributed by atoms with Crippen LogP contribution in [-0.2, 0) is 4.74 Å². The van der Waals surface area contributed by atoms with Crippen LogP contribution in [0.1, 0.15) is 58.1 Å². The fraction of sp³-hybridized carbons (Fsp3) is 0.667. The van der Waals surface area contributed by atoms with Crippen molar-refractivity contribution in [3.63, 3.8) is 0 Å². The summed E-state index contributed by atoms with van der Waals surface area (Å²) < 4.78 is 19.5. The van der Waals surface area contributed by atoms with E-state index in [0.717, 1.165) is 31.6 Å². The zero-order valence-corrected chi connectivity index (χ0v) is 13.5. The predicted octanol–water partition coefficient (Wildman–Crippen LogP) is 4.46. The van der Waals surface area contributed by atoms with E-state index in [1.807, 2.05) is 12.1 Å². The van der Waals surface area contributed by atoms with Gasteiger partial charge in [-0.05, 0) is 49.9 Å². The van der Waals surface area contributed by atoms with Crippen molar-refractivity contribution in [3.8, 4) is 0 Å². The monoisotopic (exact) mass is 293 g/mol. The van der Waals surface area contributed by atoms with Crippen molar-refractivity contribution in [2.45, 2.75) is 58.1 Å². The molecule has 1 aliphatic carbocycles. The second-order valence-corrected chi connectivity index (χ2v) is 6.24. The van der Waals surface area contributed by atoms with Crippen LogP contribution in [0.25, 0.3) is 0 Å². The number of ether oxygens (including phenoxy) is 1. The quantitative estimate of drug-likeness (QED) is 0.836. The molecular weight excluding hydrogens is 265 g/mol. The lowest BCUT2D eigenvalue weighted by atomic mass is 9.72. The van der Waals surface area contributed by atoms with Gasteiger partial charge in [-0.1, -0.05) is 38.8 Å². The zero-order valence-electron chi connectivity index (χ0n) is 13.5. The molecule has 21 heavy (non-hydrogen) atoms. The summed E-state index contributed by atoms with van der Waals surface area (Å²) in [5.41, 5.74) is 0.959. The van der Waals surface area contributed by atoms with Gasteiger partial charge in [0.05, 0.1) is 11.6 Å². The Morgan fingerprint density at radius 1 is 1.33 bits per heavy atom. The lowest BCUT2D eigenvalue weighted by Gasteiger charge is -2.46. The van der Waals surface area contributed by atoms with Crippen LogP contribution in [0, 0.1) is 11.7 Å². The van der Waals surface area contributed by atoms with E-state index in [0.29, 0.717) is 5.92 Å². The third-order valence-corrected chi connectivity index (χ3v) is 4.56. The number of halogens is 1. The van der Waals surface area contributed by atoms with Gasteiger partial charge in [-0.25, -0.2) is 4.39 Å². The summed E-state index contributed by atoms with van der Waals surface area (Å²) in [6, 6.07) is 7.01. The average molecular weight is 293 g/mol. The molecule has 0 amide bonds. The molecule has 3 heteroatoms. The van der Waals surface area contributed by atoms with Gasteiger partial charge in [0.25, 0.3) is 0 Å². The molecule has 0 saturated heterocycles. The Hall–Kier alpha value is -0.930. The van der Waals surface area contributed by atoms with Crippen LogP contribution in [0.15, 0.2) is 24.3 Å². The van der Waals surface area contributed by atoms with E-state index in [1.165, 1.54) is 12.8 Å². The molecule has 1 N–H and O–H groups in total. The lowest BCUT2D eigenvalue weighted by molar-refractivity contribution is -0.101. The minimum absolute atomic E-state index is 0.130. The largest absolute Gasteiger partial charge is 0.373 e. The SMILES string of the molecule is CCNC(c1ccc(F)cc1)C1(OCC)CCCC(C)C1. The third-order valence-electron chi connectivity index (χ3n) is 4.56. The maximum absolute atomic E-state index is 13.2. The second kappa shape index (κ2) is 7.37. The number of nitrogens with one attached hydrogen (secondary N) is 1. The summed E-state index contributed by atoms with van der Waals surface area (Å²) in [5.74, 6) is 0.489. The molecule has 1 fully saturated rings. The standard InChI is InChI=1S/C18H28FNO/c1-4-20-17(15-8-10-16(19)11-9-15)18(21-5-2)12-6-7-14(3)13-18/h8-11,14,17,20H,4-7,12-13H2,1-3H3. The van der Waals surface area contributed by atoms with E-state index in [9.17, 15) is 4.39 Å². The molecule has 0 spiro atoms. The number of benzene rings is 1. The molecule has 0 aliphatic heterocycles. The van der Waals surface area contributed by atoms with Gasteiger partial charge in [0.1, 0.15) is 5.82 Å². The summed E-state index contributed by atoms with van der Waals surface area (Å²) in [6.07, 6.45) is 4.61. The summed E-state index contributed by atoms with van der Waals surface area (Å²) in [7, 11) is 0. The van der Waals surface area contributed by atoms with Gasteiger partial charge in [0.15, 0.2) is 0 Å². The van der Waals surface area contributed by atoms with Crippen LogP contribution >= 0.6 is 0 Å². The van der Waals surface area contributed by atoms with Gasteiger partial charge in [0.2, 0.25) is 0 Å². The maximum Gasteiger partial charge on any atom is 0.123 e. The van der Waals surface area contributed by atoms with Crippen molar-refractivity contribution in [1.29, 1.82) is 0 Å². The van der Waals surface area contributed by atoms with E-state index < -0.39 is 0 Å². The van der Waals surface area contributed by atoms with Gasteiger partial charge in [-0.2, -0.15) is 0 Å². The molecule has 0 aromatic heterocycles. The highest BCUT2D eigenvalue weighted by Gasteiger charge is 2.43. The van der Waals surface area contributed by atoms with E-state index in [2.05, 4.69) is 26.1 Å². The predicted molar refractivity (Wildman–Crippen MR) is 84.8 cm³/mol. The molecule has 2 nitrogen and oxygen atoms in total. The van der Waals surface area contributed by atoms with Gasteiger partial charge >= 0.3 is 0 Å². The first-order valence-electron chi connectivity index (χ1n) is 8.24. The van der Waals surface area contributed by atoms with Crippen molar-refractivity contribution >= 4 is 0 Å². The van der Waals surface area contributed by atoms with E-state index >= 15 is 0 Å². The van der Waals surface area contributed by atoms with Crippen LogP contribution in [0.2, 0.25) is 0 Å². The maximum atomic E-state index is 13.2. The first-order chi connectivity index (χ1) is 10.1. The molecule has 118 valence electrons. The van der Waals surface area contributed by atoms with Gasteiger partial charge < -0.3 is 10.1 Å². The van der Waals surface area contributed by atoms with Crippen LogP contribution in [0.4, 0.5) is 4.39 Å². The molecule has 3 unspecified atom stereocenters. The summed E-state index contributed by atoms with van der Waals surface area (Å²) >= 11 is 0. The molecule has 0 heterocycles. The number of likely N-dealkylation sites (N-methyl/N-ethyl adjacent to an activating group) is 1.